The fourth-order valence-corrected chi connectivity index (χ4v) is 1.59. The van der Waals surface area contributed by atoms with Crippen LogP contribution in [0.15, 0.2) is 42.7 Å². The van der Waals surface area contributed by atoms with Crippen LogP contribution in [0.25, 0.3) is 0 Å². The molecular weight excluding hydrogens is 232 g/mol. The Bertz CT molecular complexity index is 400. The lowest BCUT2D eigenvalue weighted by Crippen LogP contribution is -2.29. The lowest BCUT2D eigenvalue weighted by atomic mass is 9.99. The van der Waals surface area contributed by atoms with Gasteiger partial charge < -0.3 is 14.9 Å². The quantitative estimate of drug-likeness (QED) is 0.728. The second kappa shape index (κ2) is 6.81. The van der Waals surface area contributed by atoms with E-state index in [1.165, 1.54) is 0 Å². The van der Waals surface area contributed by atoms with Gasteiger partial charge in [-0.05, 0) is 12.0 Å². The van der Waals surface area contributed by atoms with Crippen molar-refractivity contribution in [2.24, 2.45) is 5.92 Å². The van der Waals surface area contributed by atoms with Gasteiger partial charge >= 0.3 is 5.97 Å². The summed E-state index contributed by atoms with van der Waals surface area (Å²) >= 11 is 0. The minimum absolute atomic E-state index is 0.0908. The van der Waals surface area contributed by atoms with E-state index in [-0.39, 0.29) is 12.4 Å². The third-order valence-electron chi connectivity index (χ3n) is 2.74. The van der Waals surface area contributed by atoms with Gasteiger partial charge in [0.2, 0.25) is 0 Å². The highest BCUT2D eigenvalue weighted by Crippen LogP contribution is 2.17. The number of carbonyl (C=O) groups is 1. The summed E-state index contributed by atoms with van der Waals surface area (Å²) in [6.45, 7) is 5.56. The molecule has 0 saturated carbocycles. The number of carboxylic acid groups (broad SMARTS) is 1. The van der Waals surface area contributed by atoms with Gasteiger partial charge in [0, 0.05) is 0 Å². The van der Waals surface area contributed by atoms with E-state index in [9.17, 15) is 9.90 Å². The van der Waals surface area contributed by atoms with E-state index in [1.54, 1.807) is 6.92 Å². The van der Waals surface area contributed by atoms with E-state index in [4.69, 9.17) is 9.84 Å². The maximum absolute atomic E-state index is 10.9. The first-order valence-corrected chi connectivity index (χ1v) is 5.82. The molecule has 0 heterocycles. The molecule has 1 aromatic carbocycles. The highest BCUT2D eigenvalue weighted by molar-refractivity contribution is 5.71. The molecule has 0 bridgehead atoms. The van der Waals surface area contributed by atoms with Crippen molar-refractivity contribution >= 4 is 5.97 Å². The van der Waals surface area contributed by atoms with Crippen molar-refractivity contribution in [3.63, 3.8) is 0 Å². The molecule has 0 aliphatic rings. The Morgan fingerprint density at radius 1 is 1.39 bits per heavy atom. The van der Waals surface area contributed by atoms with Gasteiger partial charge in [0.1, 0.15) is 18.5 Å². The molecule has 0 aliphatic heterocycles. The molecule has 0 aliphatic carbocycles. The zero-order valence-electron chi connectivity index (χ0n) is 10.4. The molecular formula is C14H18O4. The third kappa shape index (κ3) is 3.89. The summed E-state index contributed by atoms with van der Waals surface area (Å²) in [5.74, 6) is -1.84. The van der Waals surface area contributed by atoms with Crippen molar-refractivity contribution in [1.29, 1.82) is 0 Å². The van der Waals surface area contributed by atoms with Crippen LogP contribution in [0.1, 0.15) is 18.9 Å². The molecule has 0 aromatic heterocycles. The molecule has 4 nitrogen and oxygen atoms in total. The van der Waals surface area contributed by atoms with Gasteiger partial charge in [-0.3, -0.25) is 4.79 Å². The van der Waals surface area contributed by atoms with Gasteiger partial charge in [0.05, 0.1) is 5.92 Å². The normalized spacial score (nSPS) is 13.7. The Morgan fingerprint density at radius 2 is 2.00 bits per heavy atom. The van der Waals surface area contributed by atoms with Crippen LogP contribution in [0.3, 0.4) is 0 Å². The molecule has 98 valence electrons. The van der Waals surface area contributed by atoms with E-state index in [0.29, 0.717) is 6.42 Å². The largest absolute Gasteiger partial charge is 0.491 e. The summed E-state index contributed by atoms with van der Waals surface area (Å²) in [6, 6.07) is 9.42. The van der Waals surface area contributed by atoms with Gasteiger partial charge in [-0.15, -0.1) is 0 Å². The first-order chi connectivity index (χ1) is 8.56. The Morgan fingerprint density at radius 3 is 2.50 bits per heavy atom. The predicted molar refractivity (Wildman–Crippen MR) is 67.8 cm³/mol. The summed E-state index contributed by atoms with van der Waals surface area (Å²) in [7, 11) is 0. The second-order valence-electron chi connectivity index (χ2n) is 4.04. The van der Waals surface area contributed by atoms with Gasteiger partial charge in [0.15, 0.2) is 0 Å². The van der Waals surface area contributed by atoms with Crippen LogP contribution in [0.2, 0.25) is 0 Å². The van der Waals surface area contributed by atoms with Crippen molar-refractivity contribution in [3.8, 4) is 0 Å². The lowest BCUT2D eigenvalue weighted by molar-refractivity contribution is -0.145. The van der Waals surface area contributed by atoms with E-state index in [0.717, 1.165) is 5.56 Å². The predicted octanol–water partition coefficient (Wildman–Crippen LogP) is 2.19. The summed E-state index contributed by atoms with van der Waals surface area (Å²) in [5, 5.41) is 18.7. The van der Waals surface area contributed by atoms with Crippen LogP contribution >= 0.6 is 0 Å². The number of carboxylic acids is 1. The Hall–Kier alpha value is -1.81. The topological polar surface area (TPSA) is 66.8 Å². The number of aliphatic hydroxyl groups is 1. The smallest absolute Gasteiger partial charge is 0.309 e. The van der Waals surface area contributed by atoms with Crippen molar-refractivity contribution in [3.05, 3.63) is 48.2 Å². The van der Waals surface area contributed by atoms with Crippen molar-refractivity contribution in [2.45, 2.75) is 26.1 Å². The SMILES string of the molecule is C=C(OCc1ccccc1)C(O)C(CC)C(=O)O. The number of aliphatic carboxylic acids is 1. The van der Waals surface area contributed by atoms with Crippen molar-refractivity contribution in [2.75, 3.05) is 0 Å². The minimum Gasteiger partial charge on any atom is -0.491 e. The van der Waals surface area contributed by atoms with E-state index < -0.39 is 18.0 Å². The molecule has 1 rings (SSSR count). The number of hydrogen-bond donors (Lipinski definition) is 2. The van der Waals surface area contributed by atoms with Crippen LogP contribution in [0.4, 0.5) is 0 Å². The first-order valence-electron chi connectivity index (χ1n) is 5.82. The summed E-state index contributed by atoms with van der Waals surface area (Å²) in [4.78, 5) is 10.9. The van der Waals surface area contributed by atoms with Crippen LogP contribution in [-0.4, -0.2) is 22.3 Å². The Labute approximate surface area is 107 Å². The monoisotopic (exact) mass is 250 g/mol. The zero-order chi connectivity index (χ0) is 13.5. The van der Waals surface area contributed by atoms with Gasteiger partial charge in [-0.1, -0.05) is 43.8 Å². The highest BCUT2D eigenvalue weighted by Gasteiger charge is 2.27. The number of ether oxygens (including phenoxy) is 1. The molecule has 0 fully saturated rings. The van der Waals surface area contributed by atoms with Crippen molar-refractivity contribution < 1.29 is 19.7 Å². The van der Waals surface area contributed by atoms with Gasteiger partial charge in [0.25, 0.3) is 0 Å². The van der Waals surface area contributed by atoms with Crippen LogP contribution in [0.5, 0.6) is 0 Å². The molecule has 0 spiro atoms. The molecule has 2 N–H and O–H groups in total. The van der Waals surface area contributed by atoms with Crippen LogP contribution in [-0.2, 0) is 16.1 Å². The standard InChI is InChI=1S/C14H18O4/c1-3-12(14(16)17)13(15)10(2)18-9-11-7-5-4-6-8-11/h4-8,12-13,15H,2-3,9H2,1H3,(H,16,17). The van der Waals surface area contributed by atoms with Crippen molar-refractivity contribution in [1.82, 2.24) is 0 Å². The minimum atomic E-state index is -1.18. The average Bonchev–Trinajstić information content (AvgIpc) is 2.37. The molecule has 0 radical (unpaired) electrons. The molecule has 0 amide bonds. The second-order valence-corrected chi connectivity index (χ2v) is 4.04. The van der Waals surface area contributed by atoms with E-state index >= 15 is 0 Å². The van der Waals surface area contributed by atoms with Gasteiger partial charge in [-0.25, -0.2) is 0 Å². The molecule has 18 heavy (non-hydrogen) atoms. The maximum atomic E-state index is 10.9. The molecule has 4 heteroatoms. The molecule has 2 atom stereocenters. The number of aliphatic hydroxyl groups excluding tert-OH is 1. The molecule has 0 saturated heterocycles. The average molecular weight is 250 g/mol. The van der Waals surface area contributed by atoms with E-state index in [1.807, 2.05) is 30.3 Å². The fraction of sp³-hybridized carbons (Fsp3) is 0.357. The molecule has 2 unspecified atom stereocenters. The highest BCUT2D eigenvalue weighted by atomic mass is 16.5. The molecule has 1 aromatic rings. The number of benzene rings is 1. The third-order valence-corrected chi connectivity index (χ3v) is 2.74. The van der Waals surface area contributed by atoms with Crippen LogP contribution in [0, 0.1) is 5.92 Å². The summed E-state index contributed by atoms with van der Waals surface area (Å²) < 4.78 is 5.32. The summed E-state index contributed by atoms with van der Waals surface area (Å²) in [5.41, 5.74) is 0.939. The zero-order valence-corrected chi connectivity index (χ0v) is 10.4. The number of hydrogen-bond acceptors (Lipinski definition) is 3. The lowest BCUT2D eigenvalue weighted by Gasteiger charge is -2.20. The fourth-order valence-electron chi connectivity index (χ4n) is 1.59. The maximum Gasteiger partial charge on any atom is 0.309 e. The Balaban J connectivity index is 2.52. The number of rotatable bonds is 7. The first kappa shape index (κ1) is 14.3. The van der Waals surface area contributed by atoms with E-state index in [2.05, 4.69) is 6.58 Å². The van der Waals surface area contributed by atoms with Crippen LogP contribution < -0.4 is 0 Å². The Kier molecular flexibility index (Phi) is 5.39. The van der Waals surface area contributed by atoms with Gasteiger partial charge in [-0.2, -0.15) is 0 Å². The summed E-state index contributed by atoms with van der Waals surface area (Å²) in [6.07, 6.45) is -0.860.